The molecule has 0 N–H and O–H groups in total. The lowest BCUT2D eigenvalue weighted by Crippen LogP contribution is -2.55. The first-order valence-electron chi connectivity index (χ1n) is 17.6. The van der Waals surface area contributed by atoms with Crippen LogP contribution in [0.2, 0.25) is 0 Å². The van der Waals surface area contributed by atoms with E-state index in [2.05, 4.69) is 157 Å². The zero-order valence-corrected chi connectivity index (χ0v) is 26.7. The van der Waals surface area contributed by atoms with Gasteiger partial charge in [0.15, 0.2) is 0 Å². The van der Waals surface area contributed by atoms with Crippen LogP contribution in [-0.4, -0.2) is 0 Å². The van der Waals surface area contributed by atoms with Crippen molar-refractivity contribution in [2.45, 2.75) is 37.5 Å². The number of hydrogen-bond donors (Lipinski definition) is 0. The molecule has 6 aromatic carbocycles. The monoisotopic (exact) mass is 605 g/mol. The van der Waals surface area contributed by atoms with E-state index >= 15 is 0 Å². The lowest BCUT2D eigenvalue weighted by molar-refractivity contribution is -0.0399. The summed E-state index contributed by atoms with van der Waals surface area (Å²) in [5, 5.41) is 0. The number of nitrogens with zero attached hydrogens (tertiary/aromatic N) is 1. The molecule has 0 atom stereocenters. The Kier molecular flexibility index (Phi) is 6.13. The van der Waals surface area contributed by atoms with E-state index in [1.807, 2.05) is 0 Å². The van der Waals surface area contributed by atoms with Crippen LogP contribution in [0.4, 0.5) is 17.1 Å². The van der Waals surface area contributed by atoms with Crippen LogP contribution in [0.1, 0.15) is 43.2 Å². The standard InChI is InChI=1S/C46H39N/c1-3-11-33(12-4-1)35-15-9-17-39(28-35)47(40-18-10-16-36(29-40)34-13-5-2-6-14-34)41-21-22-45-43(30-41)42-19-7-8-20-44(42)46(45)37-24-31-23-32(26-37)27-38(46)25-31/h1-22,28-32,37-38H,23-27H2. The number of rotatable bonds is 5. The van der Waals surface area contributed by atoms with E-state index in [1.165, 1.54) is 82.5 Å². The van der Waals surface area contributed by atoms with Gasteiger partial charge in [0.25, 0.3) is 0 Å². The van der Waals surface area contributed by atoms with E-state index in [0.29, 0.717) is 0 Å². The molecule has 4 fully saturated rings. The van der Waals surface area contributed by atoms with E-state index in [0.717, 1.165) is 23.7 Å². The van der Waals surface area contributed by atoms with Crippen molar-refractivity contribution < 1.29 is 0 Å². The number of benzene rings is 6. The summed E-state index contributed by atoms with van der Waals surface area (Å²) in [6, 6.07) is 56.6. The minimum atomic E-state index is 0.184. The first-order valence-corrected chi connectivity index (χ1v) is 17.6. The van der Waals surface area contributed by atoms with Gasteiger partial charge in [0.05, 0.1) is 0 Å². The zero-order valence-electron chi connectivity index (χ0n) is 26.7. The quantitative estimate of drug-likeness (QED) is 0.189. The van der Waals surface area contributed by atoms with Crippen LogP contribution >= 0.6 is 0 Å². The maximum atomic E-state index is 2.54. The topological polar surface area (TPSA) is 3.24 Å². The van der Waals surface area contributed by atoms with Gasteiger partial charge < -0.3 is 4.90 Å². The van der Waals surface area contributed by atoms with Crippen molar-refractivity contribution in [2.24, 2.45) is 23.7 Å². The number of hydrogen-bond acceptors (Lipinski definition) is 1. The summed E-state index contributed by atoms with van der Waals surface area (Å²) in [6.45, 7) is 0. The average molecular weight is 606 g/mol. The van der Waals surface area contributed by atoms with Gasteiger partial charge in [-0.15, -0.1) is 0 Å². The normalized spacial score (nSPS) is 24.7. The maximum absolute atomic E-state index is 2.54. The molecule has 0 heterocycles. The molecule has 0 unspecified atom stereocenters. The summed E-state index contributed by atoms with van der Waals surface area (Å²) in [5.74, 6) is 3.44. The highest BCUT2D eigenvalue weighted by molar-refractivity contribution is 5.88. The molecule has 5 aliphatic rings. The van der Waals surface area contributed by atoms with Gasteiger partial charge in [-0.2, -0.15) is 0 Å². The van der Waals surface area contributed by atoms with E-state index in [-0.39, 0.29) is 5.41 Å². The third-order valence-electron chi connectivity index (χ3n) is 12.2. The van der Waals surface area contributed by atoms with Crippen molar-refractivity contribution in [1.29, 1.82) is 0 Å². The largest absolute Gasteiger partial charge is 0.310 e. The summed E-state index contributed by atoms with van der Waals surface area (Å²) < 4.78 is 0. The Morgan fingerprint density at radius 1 is 0.383 bits per heavy atom. The Bertz CT molecular complexity index is 2000. The van der Waals surface area contributed by atoms with Crippen LogP contribution in [0.5, 0.6) is 0 Å². The molecule has 6 aromatic rings. The van der Waals surface area contributed by atoms with Gasteiger partial charge in [-0.25, -0.2) is 0 Å². The lowest BCUT2D eigenvalue weighted by atomic mass is 9.43. The number of anilines is 3. The average Bonchev–Trinajstić information content (AvgIpc) is 3.42. The molecule has 1 spiro atoms. The summed E-state index contributed by atoms with van der Waals surface area (Å²) in [4.78, 5) is 2.48. The highest BCUT2D eigenvalue weighted by Gasteiger charge is 2.61. The minimum Gasteiger partial charge on any atom is -0.310 e. The van der Waals surface area contributed by atoms with Crippen LogP contribution in [0, 0.1) is 23.7 Å². The van der Waals surface area contributed by atoms with Crippen LogP contribution in [0.25, 0.3) is 33.4 Å². The van der Waals surface area contributed by atoms with Gasteiger partial charge in [0.2, 0.25) is 0 Å². The Balaban J connectivity index is 1.16. The highest BCUT2D eigenvalue weighted by atomic mass is 15.1. The predicted molar refractivity (Wildman–Crippen MR) is 195 cm³/mol. The molecule has 5 aliphatic carbocycles. The Labute approximate surface area is 278 Å². The summed E-state index contributed by atoms with van der Waals surface area (Å²) in [7, 11) is 0. The Hall–Kier alpha value is -4.88. The maximum Gasteiger partial charge on any atom is 0.0468 e. The molecule has 0 radical (unpaired) electrons. The van der Waals surface area contributed by atoms with Gasteiger partial charge in [0.1, 0.15) is 0 Å². The molecule has 11 rings (SSSR count). The third kappa shape index (κ3) is 4.15. The second-order valence-electron chi connectivity index (χ2n) is 14.6. The molecule has 0 amide bonds. The van der Waals surface area contributed by atoms with Crippen LogP contribution in [-0.2, 0) is 5.41 Å². The fourth-order valence-electron chi connectivity index (χ4n) is 10.6. The van der Waals surface area contributed by atoms with E-state index < -0.39 is 0 Å². The molecule has 1 nitrogen and oxygen atoms in total. The first kappa shape index (κ1) is 27.3. The minimum absolute atomic E-state index is 0.184. The Morgan fingerprint density at radius 3 is 1.47 bits per heavy atom. The molecule has 4 saturated carbocycles. The fraction of sp³-hybridized carbons (Fsp3) is 0.217. The predicted octanol–water partition coefficient (Wildman–Crippen LogP) is 12.2. The molecule has 228 valence electrons. The van der Waals surface area contributed by atoms with Crippen molar-refractivity contribution in [3.05, 3.63) is 163 Å². The van der Waals surface area contributed by atoms with Crippen molar-refractivity contribution in [2.75, 3.05) is 4.90 Å². The van der Waals surface area contributed by atoms with Crippen molar-refractivity contribution in [3.63, 3.8) is 0 Å². The van der Waals surface area contributed by atoms with Crippen molar-refractivity contribution in [3.8, 4) is 33.4 Å². The highest BCUT2D eigenvalue weighted by Crippen LogP contribution is 2.69. The molecule has 0 aliphatic heterocycles. The van der Waals surface area contributed by atoms with Gasteiger partial charge in [-0.05, 0) is 137 Å². The van der Waals surface area contributed by atoms with Gasteiger partial charge in [0, 0.05) is 22.5 Å². The molecule has 47 heavy (non-hydrogen) atoms. The second-order valence-corrected chi connectivity index (χ2v) is 14.6. The molecule has 4 bridgehead atoms. The van der Waals surface area contributed by atoms with Crippen LogP contribution in [0.15, 0.2) is 152 Å². The smallest absolute Gasteiger partial charge is 0.0468 e. The molecule has 0 saturated heterocycles. The third-order valence-corrected chi connectivity index (χ3v) is 12.2. The van der Waals surface area contributed by atoms with Crippen molar-refractivity contribution >= 4 is 17.1 Å². The van der Waals surface area contributed by atoms with Gasteiger partial charge in [-0.3, -0.25) is 0 Å². The number of fused-ring (bicyclic) bond motifs is 3. The fourth-order valence-corrected chi connectivity index (χ4v) is 10.6. The molecule has 1 heteroatoms. The van der Waals surface area contributed by atoms with Gasteiger partial charge in [-0.1, -0.05) is 115 Å². The van der Waals surface area contributed by atoms with Crippen LogP contribution in [0.3, 0.4) is 0 Å². The lowest BCUT2D eigenvalue weighted by Gasteiger charge is -2.61. The SMILES string of the molecule is c1ccc(-c2cccc(N(c3cccc(-c4ccccc4)c3)c3ccc4c(c3)-c3ccccc3C43C4CC5CC(C4)CC3C5)c2)cc1. The second kappa shape index (κ2) is 10.6. The summed E-state index contributed by atoms with van der Waals surface area (Å²) >= 11 is 0. The Morgan fingerprint density at radius 2 is 0.872 bits per heavy atom. The summed E-state index contributed by atoms with van der Waals surface area (Å²) in [5.41, 5.74) is 14.8. The molecular formula is C46H39N. The van der Waals surface area contributed by atoms with Gasteiger partial charge >= 0.3 is 0 Å². The van der Waals surface area contributed by atoms with Crippen molar-refractivity contribution in [1.82, 2.24) is 0 Å². The van der Waals surface area contributed by atoms with E-state index in [4.69, 9.17) is 0 Å². The molecule has 0 aromatic heterocycles. The molecular weight excluding hydrogens is 567 g/mol. The van der Waals surface area contributed by atoms with E-state index in [1.54, 1.807) is 11.1 Å². The van der Waals surface area contributed by atoms with E-state index in [9.17, 15) is 0 Å². The first-order chi connectivity index (χ1) is 23.3. The zero-order chi connectivity index (χ0) is 31.0. The van der Waals surface area contributed by atoms with Crippen LogP contribution < -0.4 is 4.90 Å². The summed E-state index contributed by atoms with van der Waals surface area (Å²) in [6.07, 6.45) is 7.12.